The summed E-state index contributed by atoms with van der Waals surface area (Å²) in [5.41, 5.74) is -1.48. The quantitative estimate of drug-likeness (QED) is 0.669. The van der Waals surface area contributed by atoms with Crippen molar-refractivity contribution in [2.75, 3.05) is 19.7 Å². The zero-order valence-electron chi connectivity index (χ0n) is 33.9. The predicted molar refractivity (Wildman–Crippen MR) is 75.8 cm³/mol. The average Bonchev–Trinajstić information content (AvgIpc) is 2.79. The molecule has 0 atom stereocenters. The Morgan fingerprint density at radius 2 is 1.61 bits per heavy atom. The lowest BCUT2D eigenvalue weighted by Crippen LogP contribution is -1.98. The molecule has 0 radical (unpaired) electrons. The van der Waals surface area contributed by atoms with Crippen molar-refractivity contribution in [1.82, 2.24) is 0 Å². The zero-order valence-corrected chi connectivity index (χ0v) is 8.86. The molecule has 1 aromatic rings. The fourth-order valence-electron chi connectivity index (χ4n) is 0.624. The van der Waals surface area contributed by atoms with Gasteiger partial charge in [0, 0.05) is 38.9 Å². The second kappa shape index (κ2) is 11.2. The van der Waals surface area contributed by atoms with Gasteiger partial charge in [-0.25, -0.2) is 0 Å². The number of rotatable bonds is 11. The first-order valence-corrected chi connectivity index (χ1v) is 4.38. The Labute approximate surface area is 146 Å². The molecule has 0 amide bonds. The molecule has 1 rings (SSSR count). The van der Waals surface area contributed by atoms with Gasteiger partial charge >= 0.3 is 0 Å². The Kier molecular flexibility index (Phi) is 1.57. The molecule has 0 aliphatic rings. The molecule has 0 spiro atoms. The van der Waals surface area contributed by atoms with E-state index in [0.717, 1.165) is 0 Å². The third kappa shape index (κ3) is 8.26. The Morgan fingerprint density at radius 3 is 2.33 bits per heavy atom. The predicted octanol–water partition coefficient (Wildman–Crippen LogP) is 3.58. The van der Waals surface area contributed by atoms with Crippen molar-refractivity contribution < 1.29 is 44.1 Å². The van der Waals surface area contributed by atoms with Gasteiger partial charge in [-0.05, 0) is 37.4 Å². The highest BCUT2D eigenvalue weighted by Crippen LogP contribution is 2.05. The van der Waals surface area contributed by atoms with Crippen LogP contribution in [0.5, 0.6) is 0 Å². The van der Waals surface area contributed by atoms with Crippen LogP contribution in [0.15, 0.2) is 30.2 Å². The van der Waals surface area contributed by atoms with Gasteiger partial charge in [-0.2, -0.15) is 0 Å². The molecule has 0 aliphatic heterocycles. The first-order chi connectivity index (χ1) is 18.4. The lowest BCUT2D eigenvalue weighted by molar-refractivity contribution is 0.126. The van der Waals surface area contributed by atoms with Crippen molar-refractivity contribution in [1.29, 1.82) is 0 Å². The van der Waals surface area contributed by atoms with Crippen molar-refractivity contribution in [3.63, 3.8) is 0 Å². The van der Waals surface area contributed by atoms with Gasteiger partial charge in [-0.3, -0.25) is 0 Å². The van der Waals surface area contributed by atoms with Gasteiger partial charge in [0.05, 0.1) is 15.1 Å². The molecule has 2 heteroatoms. The van der Waals surface area contributed by atoms with Crippen LogP contribution in [0.25, 0.3) is 0 Å². The molecule has 0 heterocycles. The summed E-state index contributed by atoms with van der Waals surface area (Å²) in [4.78, 5) is 0. The molecule has 2 nitrogen and oxygen atoms in total. The molecular weight excluding hydrogens is 224 g/mol. The summed E-state index contributed by atoms with van der Waals surface area (Å²) in [6.45, 7) is -13.4. The van der Waals surface area contributed by atoms with E-state index in [4.69, 9.17) is 34.3 Å². The fraction of sp³-hybridized carbons (Fsp3) is 0.625. The minimum Gasteiger partial charge on any atom is -0.396 e. The highest BCUT2D eigenvalue weighted by molar-refractivity contribution is 5.14. The molecule has 0 saturated heterocycles. The van der Waals surface area contributed by atoms with Gasteiger partial charge in [0.2, 0.25) is 0 Å². The Morgan fingerprint density at radius 1 is 0.944 bits per heavy atom. The van der Waals surface area contributed by atoms with Crippen molar-refractivity contribution in [3.8, 4) is 0 Å². The highest BCUT2D eigenvalue weighted by Gasteiger charge is 1.94. The molecule has 0 unspecified atom stereocenters. The third-order valence-electron chi connectivity index (χ3n) is 1.20. The normalized spacial score (nSPS) is 39.1. The van der Waals surface area contributed by atoms with E-state index in [0.29, 0.717) is 0 Å². The van der Waals surface area contributed by atoms with Crippen LogP contribution in [0, 0.1) is 0 Å². The molecule has 0 aliphatic carbocycles. The van der Waals surface area contributed by atoms with Crippen molar-refractivity contribution in [2.24, 2.45) is 0 Å². The lowest BCUT2D eigenvalue weighted by atomic mass is 10.1. The van der Waals surface area contributed by atoms with Crippen molar-refractivity contribution in [3.05, 3.63) is 35.8 Å². The standard InChI is InChI=1S/C16H26O2/c17-13-7-1-2-8-14-18-15-9-6-12-16-10-4-3-5-11-16/h3-5,10-11,17H,1-2,6-9,12-15H2/i1D2,2D2,3D,4D,5D,6D2,7D2,8D2,9D2,10D,11D,12D2,13D2,14D2,15D2. The van der Waals surface area contributed by atoms with E-state index in [2.05, 4.69) is 4.74 Å². The largest absolute Gasteiger partial charge is 0.396 e. The summed E-state index contributed by atoms with van der Waals surface area (Å²) in [6, 6.07) is -6.10. The summed E-state index contributed by atoms with van der Waals surface area (Å²) in [6.07, 6.45) is -31.0. The number of aliphatic hydroxyl groups is 1. The fourth-order valence-corrected chi connectivity index (χ4v) is 0.624. The maximum Gasteiger partial charge on any atom is 0.0626 e. The van der Waals surface area contributed by atoms with E-state index >= 15 is 0 Å². The van der Waals surface area contributed by atoms with Crippen LogP contribution in [0.3, 0.4) is 0 Å². The maximum absolute atomic E-state index is 9.41. The molecule has 0 aromatic heterocycles. The monoisotopic (exact) mass is 275 g/mol. The maximum atomic E-state index is 9.41. The zero-order chi connectivity index (χ0) is 35.2. The minimum absolute atomic E-state index is 1.04. The average molecular weight is 276 g/mol. The minimum atomic E-state index is -4.62. The van der Waals surface area contributed by atoms with Gasteiger partial charge in [0.1, 0.15) is 0 Å². The SMILES string of the molecule is [2H]c1c([2H])c([2H])c(C([2H])([2H])C([2H])([2H])C([2H])([2H])C([2H])([2H])OC([2H])([2H])C([2H])([2H])C([2H])([2H])C([2H])([2H])C([2H])([2H])C([2H])([2H])O)c([2H])c1[2H]. The van der Waals surface area contributed by atoms with E-state index in [1.165, 1.54) is 0 Å². The second-order valence-electron chi connectivity index (χ2n) is 2.29. The molecular formula is C16H26O2. The smallest absolute Gasteiger partial charge is 0.0626 e. The van der Waals surface area contributed by atoms with E-state index in [1.807, 2.05) is 0 Å². The summed E-state index contributed by atoms with van der Waals surface area (Å²) in [5.74, 6) is 0. The molecule has 0 bridgehead atoms. The molecule has 1 aromatic carbocycles. The van der Waals surface area contributed by atoms with Crippen LogP contribution in [0.4, 0.5) is 0 Å². The summed E-state index contributed by atoms with van der Waals surface area (Å²) >= 11 is 0. The second-order valence-corrected chi connectivity index (χ2v) is 2.29. The molecule has 0 saturated carbocycles. The van der Waals surface area contributed by atoms with Crippen LogP contribution < -0.4 is 0 Å². The molecule has 1 N–H and O–H groups in total. The van der Waals surface area contributed by atoms with Crippen LogP contribution in [0.2, 0.25) is 0 Å². The molecule has 102 valence electrons. The summed E-state index contributed by atoms with van der Waals surface area (Å²) in [7, 11) is 0. The Balaban J connectivity index is 3.80. The first-order valence-electron chi connectivity index (χ1n) is 16.9. The van der Waals surface area contributed by atoms with Gasteiger partial charge in [-0.1, -0.05) is 43.0 Å². The lowest BCUT2D eigenvalue weighted by Gasteiger charge is -2.04. The number of ether oxygens (including phenoxy) is 1. The third-order valence-corrected chi connectivity index (χ3v) is 1.20. The number of hydrogen-bond donors (Lipinski definition) is 1. The van der Waals surface area contributed by atoms with E-state index < -0.39 is 100 Å². The van der Waals surface area contributed by atoms with Crippen LogP contribution in [-0.2, 0) is 11.1 Å². The van der Waals surface area contributed by atoms with E-state index in [9.17, 15) is 5.11 Å². The van der Waals surface area contributed by atoms with E-state index in [-0.39, 0.29) is 0 Å². The van der Waals surface area contributed by atoms with Crippen LogP contribution in [0.1, 0.15) is 78.1 Å². The Bertz CT molecular complexity index is 1200. The van der Waals surface area contributed by atoms with Crippen LogP contribution in [-0.4, -0.2) is 24.8 Å². The topological polar surface area (TPSA) is 29.5 Å². The van der Waals surface area contributed by atoms with Gasteiger partial charge in [0.25, 0.3) is 0 Å². The summed E-state index contributed by atoms with van der Waals surface area (Å²) in [5, 5.41) is 9.41. The van der Waals surface area contributed by atoms with Gasteiger partial charge < -0.3 is 9.84 Å². The first kappa shape index (κ1) is 2.51. The molecule has 18 heavy (non-hydrogen) atoms. The van der Waals surface area contributed by atoms with Gasteiger partial charge in [-0.15, -0.1) is 0 Å². The Hall–Kier alpha value is -0.860. The summed E-state index contributed by atoms with van der Waals surface area (Å²) < 4.78 is 200. The number of hydrogen-bond acceptors (Lipinski definition) is 2. The molecule has 0 fully saturated rings. The highest BCUT2D eigenvalue weighted by atomic mass is 16.5. The number of benzene rings is 1. The van der Waals surface area contributed by atoms with Gasteiger partial charge in [0.15, 0.2) is 0 Å². The van der Waals surface area contributed by atoms with Crippen LogP contribution >= 0.6 is 0 Å². The van der Waals surface area contributed by atoms with Crippen molar-refractivity contribution >= 4 is 0 Å². The van der Waals surface area contributed by atoms with Crippen molar-refractivity contribution in [2.45, 2.75) is 44.6 Å². The van der Waals surface area contributed by atoms with E-state index in [1.54, 1.807) is 0 Å².